The van der Waals surface area contributed by atoms with Crippen LogP contribution in [0.1, 0.15) is 22.8 Å². The number of nitrogens with zero attached hydrogens (tertiary/aromatic N) is 2. The van der Waals surface area contributed by atoms with Crippen LogP contribution >= 0.6 is 11.8 Å². The van der Waals surface area contributed by atoms with Crippen molar-refractivity contribution in [1.29, 1.82) is 0 Å². The summed E-state index contributed by atoms with van der Waals surface area (Å²) in [5.74, 6) is 0.478. The van der Waals surface area contributed by atoms with Crippen molar-refractivity contribution in [2.75, 3.05) is 5.75 Å². The molecule has 0 aliphatic heterocycles. The van der Waals surface area contributed by atoms with E-state index in [1.807, 2.05) is 13.0 Å². The first-order chi connectivity index (χ1) is 10.2. The summed E-state index contributed by atoms with van der Waals surface area (Å²) < 4.78 is 5.47. The van der Waals surface area contributed by atoms with Crippen LogP contribution in [0, 0.1) is 0 Å². The van der Waals surface area contributed by atoms with Gasteiger partial charge in [-0.2, -0.15) is 0 Å². The fourth-order valence-corrected chi connectivity index (χ4v) is 2.63. The standard InChI is InChI=1S/C13H15N3O4S/c1-2-21-11-5-3-4-9(13(17)15-18)10(11)8-20-12-6-7-16(19)14-12/h3-7,18-19H,2,8H2,1H3,(H,15,17). The molecule has 0 unspecified atom stereocenters. The van der Waals surface area contributed by atoms with Crippen LogP contribution in [0.2, 0.25) is 0 Å². The Morgan fingerprint density at radius 2 is 2.29 bits per heavy atom. The highest BCUT2D eigenvalue weighted by Crippen LogP contribution is 2.26. The van der Waals surface area contributed by atoms with Crippen LogP contribution in [-0.4, -0.2) is 32.0 Å². The fraction of sp³-hybridized carbons (Fsp3) is 0.231. The molecule has 1 aromatic carbocycles. The first kappa shape index (κ1) is 15.2. The van der Waals surface area contributed by atoms with E-state index in [0.717, 1.165) is 10.6 Å². The molecule has 2 aromatic rings. The quantitative estimate of drug-likeness (QED) is 0.326. The number of benzene rings is 1. The third-order valence-corrected chi connectivity index (χ3v) is 3.68. The van der Waals surface area contributed by atoms with E-state index in [9.17, 15) is 4.79 Å². The molecule has 0 aliphatic rings. The van der Waals surface area contributed by atoms with Crippen molar-refractivity contribution in [2.24, 2.45) is 0 Å². The highest BCUT2D eigenvalue weighted by Gasteiger charge is 2.15. The van der Waals surface area contributed by atoms with Crippen LogP contribution in [0.4, 0.5) is 0 Å². The van der Waals surface area contributed by atoms with Gasteiger partial charge in [-0.05, 0) is 17.9 Å². The molecule has 1 amide bonds. The summed E-state index contributed by atoms with van der Waals surface area (Å²) in [6.45, 7) is 2.10. The minimum Gasteiger partial charge on any atom is -0.472 e. The number of thioether (sulfide) groups is 1. The van der Waals surface area contributed by atoms with E-state index in [1.54, 1.807) is 29.4 Å². The number of hydrogen-bond donors (Lipinski definition) is 3. The second-order valence-electron chi connectivity index (χ2n) is 4.02. The third-order valence-electron chi connectivity index (χ3n) is 2.69. The Morgan fingerprint density at radius 3 is 2.90 bits per heavy atom. The average molecular weight is 309 g/mol. The normalized spacial score (nSPS) is 10.4. The van der Waals surface area contributed by atoms with Crippen LogP contribution in [-0.2, 0) is 6.61 Å². The zero-order valence-corrected chi connectivity index (χ0v) is 12.1. The van der Waals surface area contributed by atoms with Crippen molar-refractivity contribution < 1.29 is 19.9 Å². The van der Waals surface area contributed by atoms with Gasteiger partial charge in [0.2, 0.25) is 5.88 Å². The van der Waals surface area contributed by atoms with Gasteiger partial charge in [0.1, 0.15) is 6.61 Å². The van der Waals surface area contributed by atoms with Crippen molar-refractivity contribution in [2.45, 2.75) is 18.4 Å². The molecule has 7 nitrogen and oxygen atoms in total. The van der Waals surface area contributed by atoms with Gasteiger partial charge in [0, 0.05) is 22.1 Å². The van der Waals surface area contributed by atoms with E-state index in [0.29, 0.717) is 16.0 Å². The Balaban J connectivity index is 2.27. The predicted molar refractivity (Wildman–Crippen MR) is 75.8 cm³/mol. The fourth-order valence-electron chi connectivity index (χ4n) is 1.80. The molecule has 0 fully saturated rings. The van der Waals surface area contributed by atoms with Crippen LogP contribution in [0.3, 0.4) is 0 Å². The van der Waals surface area contributed by atoms with E-state index < -0.39 is 5.91 Å². The van der Waals surface area contributed by atoms with Gasteiger partial charge in [-0.3, -0.25) is 10.0 Å². The molecule has 0 atom stereocenters. The van der Waals surface area contributed by atoms with Gasteiger partial charge in [-0.15, -0.1) is 16.6 Å². The largest absolute Gasteiger partial charge is 0.472 e. The lowest BCUT2D eigenvalue weighted by molar-refractivity contribution is 0.0703. The monoisotopic (exact) mass is 309 g/mol. The van der Waals surface area contributed by atoms with Crippen molar-refractivity contribution in [3.8, 4) is 5.88 Å². The molecule has 2 rings (SSSR count). The highest BCUT2D eigenvalue weighted by molar-refractivity contribution is 7.99. The van der Waals surface area contributed by atoms with E-state index in [2.05, 4.69) is 5.10 Å². The molecule has 0 saturated carbocycles. The lowest BCUT2D eigenvalue weighted by atomic mass is 10.1. The summed E-state index contributed by atoms with van der Waals surface area (Å²) in [6.07, 6.45) is 1.34. The minimum absolute atomic E-state index is 0.100. The van der Waals surface area contributed by atoms with Crippen LogP contribution < -0.4 is 10.2 Å². The summed E-state index contributed by atoms with van der Waals surface area (Å²) in [5, 5.41) is 21.6. The number of aromatic nitrogens is 2. The van der Waals surface area contributed by atoms with Gasteiger partial charge in [0.15, 0.2) is 0 Å². The van der Waals surface area contributed by atoms with E-state index >= 15 is 0 Å². The van der Waals surface area contributed by atoms with Crippen molar-refractivity contribution in [3.05, 3.63) is 41.6 Å². The summed E-state index contributed by atoms with van der Waals surface area (Å²) >= 11 is 1.57. The molecule has 1 aromatic heterocycles. The molecule has 0 saturated heterocycles. The average Bonchev–Trinajstić information content (AvgIpc) is 2.91. The molecule has 112 valence electrons. The Morgan fingerprint density at radius 1 is 1.48 bits per heavy atom. The van der Waals surface area contributed by atoms with E-state index in [-0.39, 0.29) is 12.5 Å². The van der Waals surface area contributed by atoms with Crippen LogP contribution in [0.25, 0.3) is 0 Å². The predicted octanol–water partition coefficient (Wildman–Crippen LogP) is 1.93. The number of hydroxylamine groups is 1. The summed E-state index contributed by atoms with van der Waals surface area (Å²) in [4.78, 5) is 13.3. The van der Waals surface area contributed by atoms with Crippen LogP contribution in [0.5, 0.6) is 5.88 Å². The molecule has 1 heterocycles. The number of ether oxygens (including phenoxy) is 1. The maximum absolute atomic E-state index is 11.7. The Labute approximate surface area is 125 Å². The highest BCUT2D eigenvalue weighted by atomic mass is 32.2. The van der Waals surface area contributed by atoms with Gasteiger partial charge >= 0.3 is 0 Å². The van der Waals surface area contributed by atoms with Gasteiger partial charge in [0.25, 0.3) is 5.91 Å². The molecule has 21 heavy (non-hydrogen) atoms. The number of hydrogen-bond acceptors (Lipinski definition) is 6. The Hall–Kier alpha value is -2.19. The molecular weight excluding hydrogens is 294 g/mol. The number of amides is 1. The molecule has 3 N–H and O–H groups in total. The number of carbonyl (C=O) groups excluding carboxylic acids is 1. The smallest absolute Gasteiger partial charge is 0.275 e. The summed E-state index contributed by atoms with van der Waals surface area (Å²) in [5.41, 5.74) is 2.62. The zero-order valence-electron chi connectivity index (χ0n) is 11.3. The molecule has 0 spiro atoms. The maximum atomic E-state index is 11.7. The Bertz CT molecular complexity index is 630. The molecule has 8 heteroatoms. The summed E-state index contributed by atoms with van der Waals surface area (Å²) in [6, 6.07) is 6.73. The molecule has 0 aliphatic carbocycles. The van der Waals surface area contributed by atoms with Gasteiger partial charge in [-0.1, -0.05) is 18.1 Å². The Kier molecular flexibility index (Phi) is 5.07. The van der Waals surface area contributed by atoms with Crippen LogP contribution in [0.15, 0.2) is 35.4 Å². The first-order valence-corrected chi connectivity index (χ1v) is 7.21. The van der Waals surface area contributed by atoms with Crippen molar-refractivity contribution in [3.63, 3.8) is 0 Å². The SMILES string of the molecule is CCSc1cccc(C(=O)NO)c1COc1ccn(O)n1. The molecular formula is C13H15N3O4S. The lowest BCUT2D eigenvalue weighted by Crippen LogP contribution is -2.21. The molecule has 0 bridgehead atoms. The maximum Gasteiger partial charge on any atom is 0.275 e. The van der Waals surface area contributed by atoms with Crippen molar-refractivity contribution >= 4 is 17.7 Å². The van der Waals surface area contributed by atoms with E-state index in [1.165, 1.54) is 12.3 Å². The number of rotatable bonds is 6. The number of carbonyl (C=O) groups is 1. The van der Waals surface area contributed by atoms with Crippen molar-refractivity contribution in [1.82, 2.24) is 15.4 Å². The topological polar surface area (TPSA) is 96.6 Å². The minimum atomic E-state index is -0.597. The van der Waals surface area contributed by atoms with Gasteiger partial charge < -0.3 is 9.94 Å². The van der Waals surface area contributed by atoms with Gasteiger partial charge in [-0.25, -0.2) is 5.48 Å². The molecule has 0 radical (unpaired) electrons. The third kappa shape index (κ3) is 3.67. The second-order valence-corrected chi connectivity index (χ2v) is 5.33. The zero-order chi connectivity index (χ0) is 15.2. The van der Waals surface area contributed by atoms with Gasteiger partial charge in [0.05, 0.1) is 6.20 Å². The second kappa shape index (κ2) is 7.00. The first-order valence-electron chi connectivity index (χ1n) is 6.22. The van der Waals surface area contributed by atoms with E-state index in [4.69, 9.17) is 15.2 Å². The summed E-state index contributed by atoms with van der Waals surface area (Å²) in [7, 11) is 0. The number of nitrogens with one attached hydrogen (secondary N) is 1. The lowest BCUT2D eigenvalue weighted by Gasteiger charge is -2.13.